The molecule has 0 atom stereocenters. The molecule has 0 saturated carbocycles. The number of hydrogen-bond acceptors (Lipinski definition) is 4. The van der Waals surface area contributed by atoms with E-state index in [2.05, 4.69) is 10.3 Å². The van der Waals surface area contributed by atoms with Gasteiger partial charge in [0.2, 0.25) is 0 Å². The molecule has 0 bridgehead atoms. The van der Waals surface area contributed by atoms with Gasteiger partial charge in [0, 0.05) is 35.4 Å². The molecule has 22 heavy (non-hydrogen) atoms. The van der Waals surface area contributed by atoms with Crippen molar-refractivity contribution in [2.75, 3.05) is 11.6 Å². The van der Waals surface area contributed by atoms with Crippen LogP contribution < -0.4 is 5.32 Å². The molecule has 0 aliphatic rings. The molecule has 0 aliphatic carbocycles. The lowest BCUT2D eigenvalue weighted by atomic mass is 10.2. The van der Waals surface area contributed by atoms with E-state index in [0.29, 0.717) is 12.2 Å². The summed E-state index contributed by atoms with van der Waals surface area (Å²) >= 11 is 0. The molecule has 0 spiro atoms. The Morgan fingerprint density at radius 1 is 1.14 bits per heavy atom. The van der Waals surface area contributed by atoms with Crippen LogP contribution in [0.2, 0.25) is 0 Å². The maximum Gasteiger partial charge on any atom is 0.151 e. The van der Waals surface area contributed by atoms with Crippen LogP contribution in [0.3, 0.4) is 0 Å². The predicted molar refractivity (Wildman–Crippen MR) is 86.0 cm³/mol. The molecule has 4 nitrogen and oxygen atoms in total. The van der Waals surface area contributed by atoms with Crippen molar-refractivity contribution in [2.24, 2.45) is 0 Å². The molecule has 1 aromatic heterocycles. The fourth-order valence-electron chi connectivity index (χ4n) is 2.28. The summed E-state index contributed by atoms with van der Waals surface area (Å²) < 4.78 is 36.4. The molecule has 0 aliphatic heterocycles. The third kappa shape index (κ3) is 4.80. The molecule has 1 aromatic carbocycles. The number of nitrogens with one attached hydrogen (secondary N) is 1. The number of pyridine rings is 1. The van der Waals surface area contributed by atoms with Crippen LogP contribution in [0.15, 0.2) is 30.3 Å². The van der Waals surface area contributed by atoms with Gasteiger partial charge in [-0.05, 0) is 43.7 Å². The van der Waals surface area contributed by atoms with Gasteiger partial charge in [-0.25, -0.2) is 12.8 Å². The van der Waals surface area contributed by atoms with Gasteiger partial charge in [-0.3, -0.25) is 4.98 Å². The highest BCUT2D eigenvalue weighted by atomic mass is 32.2. The van der Waals surface area contributed by atoms with Crippen LogP contribution in [0.5, 0.6) is 0 Å². The predicted octanol–water partition coefficient (Wildman–Crippen LogP) is 2.99. The highest BCUT2D eigenvalue weighted by Crippen LogP contribution is 2.17. The van der Waals surface area contributed by atoms with Gasteiger partial charge in [0.15, 0.2) is 9.84 Å². The lowest BCUT2D eigenvalue weighted by Crippen LogP contribution is -2.05. The Labute approximate surface area is 130 Å². The Bertz CT molecular complexity index is 768. The SMILES string of the molecule is Cc1cc(CNc2ccc(CS(C)(=O)=O)c(F)c2)cc(C)n1. The summed E-state index contributed by atoms with van der Waals surface area (Å²) in [6, 6.07) is 8.44. The quantitative estimate of drug-likeness (QED) is 0.919. The molecule has 2 aromatic rings. The smallest absolute Gasteiger partial charge is 0.151 e. The van der Waals surface area contributed by atoms with Crippen LogP contribution in [0.4, 0.5) is 10.1 Å². The molecule has 0 saturated heterocycles. The molecule has 6 heteroatoms. The summed E-state index contributed by atoms with van der Waals surface area (Å²) in [6.07, 6.45) is 1.09. The second kappa shape index (κ2) is 6.44. The maximum atomic E-state index is 13.9. The van der Waals surface area contributed by atoms with Crippen LogP contribution >= 0.6 is 0 Å². The average Bonchev–Trinajstić information content (AvgIpc) is 2.37. The van der Waals surface area contributed by atoms with E-state index in [4.69, 9.17) is 0 Å². The van der Waals surface area contributed by atoms with Crippen LogP contribution in [0, 0.1) is 19.7 Å². The van der Waals surface area contributed by atoms with Gasteiger partial charge in [0.1, 0.15) is 5.82 Å². The molecular weight excluding hydrogens is 303 g/mol. The first kappa shape index (κ1) is 16.4. The number of hydrogen-bond donors (Lipinski definition) is 1. The summed E-state index contributed by atoms with van der Waals surface area (Å²) in [6.45, 7) is 4.40. The van der Waals surface area contributed by atoms with Crippen molar-refractivity contribution in [1.82, 2.24) is 4.98 Å². The first-order valence-corrected chi connectivity index (χ1v) is 8.93. The van der Waals surface area contributed by atoms with E-state index >= 15 is 0 Å². The molecule has 0 radical (unpaired) electrons. The Hall–Kier alpha value is -1.95. The Balaban J connectivity index is 2.09. The Morgan fingerprint density at radius 2 is 1.77 bits per heavy atom. The van der Waals surface area contributed by atoms with Crippen molar-refractivity contribution in [3.05, 3.63) is 58.7 Å². The third-order valence-electron chi connectivity index (χ3n) is 3.11. The zero-order valence-electron chi connectivity index (χ0n) is 12.9. The van der Waals surface area contributed by atoms with E-state index in [1.165, 1.54) is 12.1 Å². The van der Waals surface area contributed by atoms with Crippen LogP contribution in [0.1, 0.15) is 22.5 Å². The van der Waals surface area contributed by atoms with Gasteiger partial charge in [-0.15, -0.1) is 0 Å². The topological polar surface area (TPSA) is 59.1 Å². The number of aromatic nitrogens is 1. The van der Waals surface area contributed by atoms with Crippen molar-refractivity contribution in [1.29, 1.82) is 0 Å². The molecule has 1 N–H and O–H groups in total. The lowest BCUT2D eigenvalue weighted by Gasteiger charge is -2.10. The minimum Gasteiger partial charge on any atom is -0.381 e. The summed E-state index contributed by atoms with van der Waals surface area (Å²) in [7, 11) is -3.24. The first-order chi connectivity index (χ1) is 10.2. The van der Waals surface area contributed by atoms with E-state index < -0.39 is 15.7 Å². The van der Waals surface area contributed by atoms with Crippen molar-refractivity contribution < 1.29 is 12.8 Å². The second-order valence-electron chi connectivity index (χ2n) is 5.49. The highest BCUT2D eigenvalue weighted by Gasteiger charge is 2.10. The lowest BCUT2D eigenvalue weighted by molar-refractivity contribution is 0.592. The summed E-state index contributed by atoms with van der Waals surface area (Å²) in [5.41, 5.74) is 3.73. The minimum absolute atomic E-state index is 0.184. The monoisotopic (exact) mass is 322 g/mol. The number of halogens is 1. The normalized spacial score (nSPS) is 11.5. The number of rotatable bonds is 5. The van der Waals surface area contributed by atoms with Crippen LogP contribution in [0.25, 0.3) is 0 Å². The van der Waals surface area contributed by atoms with Gasteiger partial charge >= 0.3 is 0 Å². The van der Waals surface area contributed by atoms with E-state index in [0.717, 1.165) is 23.2 Å². The number of benzene rings is 1. The highest BCUT2D eigenvalue weighted by molar-refractivity contribution is 7.89. The van der Waals surface area contributed by atoms with Crippen molar-refractivity contribution in [2.45, 2.75) is 26.1 Å². The van der Waals surface area contributed by atoms with E-state index in [1.54, 1.807) is 6.07 Å². The Morgan fingerprint density at radius 3 is 2.32 bits per heavy atom. The molecule has 2 rings (SSSR count). The van der Waals surface area contributed by atoms with Gasteiger partial charge in [-0.2, -0.15) is 0 Å². The number of aryl methyl sites for hydroxylation is 2. The number of sulfone groups is 1. The standard InChI is InChI=1S/C16H19FN2O2S/c1-11-6-13(7-12(2)19-11)9-18-15-5-4-14(16(17)8-15)10-22(3,20)21/h4-8,18H,9-10H2,1-3H3. The summed E-state index contributed by atoms with van der Waals surface area (Å²) in [5.74, 6) is -0.806. The zero-order valence-corrected chi connectivity index (χ0v) is 13.7. The van der Waals surface area contributed by atoms with Gasteiger partial charge in [0.05, 0.1) is 5.75 Å². The molecule has 0 unspecified atom stereocenters. The van der Waals surface area contributed by atoms with Crippen LogP contribution in [-0.2, 0) is 22.1 Å². The first-order valence-electron chi connectivity index (χ1n) is 6.87. The third-order valence-corrected chi connectivity index (χ3v) is 3.94. The average molecular weight is 322 g/mol. The van der Waals surface area contributed by atoms with Gasteiger partial charge in [0.25, 0.3) is 0 Å². The Kier molecular flexibility index (Phi) is 4.81. The largest absolute Gasteiger partial charge is 0.381 e. The van der Waals surface area contributed by atoms with Crippen molar-refractivity contribution in [3.8, 4) is 0 Å². The zero-order chi connectivity index (χ0) is 16.3. The molecular formula is C16H19FN2O2S. The fourth-order valence-corrected chi connectivity index (χ4v) is 3.08. The fraction of sp³-hybridized carbons (Fsp3) is 0.312. The maximum absolute atomic E-state index is 13.9. The summed E-state index contributed by atoms with van der Waals surface area (Å²) in [5, 5.41) is 3.13. The van der Waals surface area contributed by atoms with Crippen molar-refractivity contribution >= 4 is 15.5 Å². The summed E-state index contributed by atoms with van der Waals surface area (Å²) in [4.78, 5) is 4.30. The van der Waals surface area contributed by atoms with E-state index in [-0.39, 0.29) is 11.3 Å². The van der Waals surface area contributed by atoms with Gasteiger partial charge < -0.3 is 5.32 Å². The molecule has 0 fully saturated rings. The molecule has 0 amide bonds. The molecule has 118 valence electrons. The second-order valence-corrected chi connectivity index (χ2v) is 7.63. The van der Waals surface area contributed by atoms with Crippen molar-refractivity contribution in [3.63, 3.8) is 0 Å². The minimum atomic E-state index is -3.24. The number of nitrogens with zero attached hydrogens (tertiary/aromatic N) is 1. The van der Waals surface area contributed by atoms with E-state index in [1.807, 2.05) is 26.0 Å². The molecule has 1 heterocycles. The van der Waals surface area contributed by atoms with Crippen LogP contribution in [-0.4, -0.2) is 19.7 Å². The van der Waals surface area contributed by atoms with Gasteiger partial charge in [-0.1, -0.05) is 6.07 Å². The number of anilines is 1. The van der Waals surface area contributed by atoms with E-state index in [9.17, 15) is 12.8 Å².